The number of likely N-dealkylation sites (N-methyl/N-ethyl adjacent to an activating group) is 1. The van der Waals surface area contributed by atoms with Gasteiger partial charge in [-0.05, 0) is 33.5 Å². The molecule has 0 fully saturated rings. The number of aryl methyl sites for hydroxylation is 2. The molecule has 0 aliphatic carbocycles. The zero-order valence-electron chi connectivity index (χ0n) is 12.8. The molecule has 6 nitrogen and oxygen atoms in total. The molecule has 0 saturated heterocycles. The van der Waals surface area contributed by atoms with Gasteiger partial charge in [-0.15, -0.1) is 0 Å². The zero-order chi connectivity index (χ0) is 15.4. The number of nitrogens with one attached hydrogen (secondary N) is 2. The molecule has 1 heterocycles. The molecule has 1 aromatic carbocycles. The van der Waals surface area contributed by atoms with Gasteiger partial charge in [-0.1, -0.05) is 29.8 Å². The van der Waals surface area contributed by atoms with Gasteiger partial charge in [0, 0.05) is 0 Å². The van der Waals surface area contributed by atoms with Gasteiger partial charge in [0.15, 0.2) is 5.82 Å². The largest absolute Gasteiger partial charge is 0.347 e. The maximum Gasteiger partial charge on any atom is 0.242 e. The van der Waals surface area contributed by atoms with Gasteiger partial charge in [0.05, 0.1) is 6.54 Å². The Morgan fingerprint density at radius 3 is 2.71 bits per heavy atom. The standard InChI is InChI=1S/C15H21N5O/c1-10-6-5-7-12(8-10)14(20(3)4)15(21)16-9-13-17-11(2)18-19-13/h5-8,14H,9H2,1-4H3,(H,16,21)(H,17,18,19)/t14-/m1/s1. The van der Waals surface area contributed by atoms with Crippen LogP contribution in [0.3, 0.4) is 0 Å². The first kappa shape index (κ1) is 15.2. The molecule has 0 saturated carbocycles. The maximum absolute atomic E-state index is 12.5. The Kier molecular flexibility index (Phi) is 4.70. The number of rotatable bonds is 5. The molecule has 0 aliphatic heterocycles. The highest BCUT2D eigenvalue weighted by Crippen LogP contribution is 2.19. The fraction of sp³-hybridized carbons (Fsp3) is 0.400. The molecule has 2 N–H and O–H groups in total. The summed E-state index contributed by atoms with van der Waals surface area (Å²) < 4.78 is 0. The Bertz CT molecular complexity index is 620. The van der Waals surface area contributed by atoms with Crippen LogP contribution in [-0.4, -0.2) is 40.1 Å². The van der Waals surface area contributed by atoms with E-state index in [4.69, 9.17) is 0 Å². The molecule has 112 valence electrons. The Labute approximate surface area is 124 Å². The first-order valence-electron chi connectivity index (χ1n) is 6.86. The number of H-pyrrole nitrogens is 1. The molecule has 1 amide bonds. The molecule has 0 aliphatic rings. The second-order valence-corrected chi connectivity index (χ2v) is 5.34. The summed E-state index contributed by atoms with van der Waals surface area (Å²) in [6, 6.07) is 7.65. The van der Waals surface area contributed by atoms with Crippen molar-refractivity contribution < 1.29 is 4.79 Å². The number of carbonyl (C=O) groups is 1. The van der Waals surface area contributed by atoms with E-state index in [9.17, 15) is 4.79 Å². The lowest BCUT2D eigenvalue weighted by atomic mass is 10.0. The fourth-order valence-electron chi connectivity index (χ4n) is 2.26. The smallest absolute Gasteiger partial charge is 0.242 e. The minimum atomic E-state index is -0.329. The highest BCUT2D eigenvalue weighted by atomic mass is 16.2. The van der Waals surface area contributed by atoms with Crippen molar-refractivity contribution in [3.05, 3.63) is 47.0 Å². The topological polar surface area (TPSA) is 73.9 Å². The van der Waals surface area contributed by atoms with E-state index in [1.807, 2.05) is 57.1 Å². The summed E-state index contributed by atoms with van der Waals surface area (Å²) in [6.45, 7) is 4.16. The highest BCUT2D eigenvalue weighted by Gasteiger charge is 2.22. The van der Waals surface area contributed by atoms with Crippen LogP contribution >= 0.6 is 0 Å². The Hall–Kier alpha value is -2.21. The van der Waals surface area contributed by atoms with Gasteiger partial charge in [0.25, 0.3) is 0 Å². The van der Waals surface area contributed by atoms with Gasteiger partial charge in [-0.3, -0.25) is 14.8 Å². The maximum atomic E-state index is 12.5. The first-order valence-corrected chi connectivity index (χ1v) is 6.86. The lowest BCUT2D eigenvalue weighted by Crippen LogP contribution is -2.37. The molecule has 1 atom stereocenters. The molecule has 21 heavy (non-hydrogen) atoms. The predicted molar refractivity (Wildman–Crippen MR) is 80.6 cm³/mol. The van der Waals surface area contributed by atoms with E-state index in [1.54, 1.807) is 0 Å². The van der Waals surface area contributed by atoms with Gasteiger partial charge in [0.2, 0.25) is 5.91 Å². The molecule has 1 aromatic heterocycles. The average molecular weight is 287 g/mol. The second-order valence-electron chi connectivity index (χ2n) is 5.34. The SMILES string of the molecule is Cc1cccc([C@H](C(=O)NCc2n[nH]c(C)n2)N(C)C)c1. The van der Waals surface area contributed by atoms with Gasteiger partial charge in [-0.2, -0.15) is 5.10 Å². The molecule has 0 bridgehead atoms. The van der Waals surface area contributed by atoms with Crippen molar-refractivity contribution in [2.24, 2.45) is 0 Å². The van der Waals surface area contributed by atoms with Crippen molar-refractivity contribution in [2.45, 2.75) is 26.4 Å². The van der Waals surface area contributed by atoms with E-state index in [1.165, 1.54) is 0 Å². The number of benzene rings is 1. The predicted octanol–water partition coefficient (Wildman–Crippen LogP) is 1.34. The normalized spacial score (nSPS) is 12.4. The molecular weight excluding hydrogens is 266 g/mol. The quantitative estimate of drug-likeness (QED) is 0.870. The second kappa shape index (κ2) is 6.49. The zero-order valence-corrected chi connectivity index (χ0v) is 12.8. The molecule has 0 spiro atoms. The fourth-order valence-corrected chi connectivity index (χ4v) is 2.26. The number of hydrogen-bond donors (Lipinski definition) is 2. The molecule has 0 radical (unpaired) electrons. The summed E-state index contributed by atoms with van der Waals surface area (Å²) in [6.07, 6.45) is 0. The average Bonchev–Trinajstić information content (AvgIpc) is 2.82. The van der Waals surface area contributed by atoms with Crippen molar-refractivity contribution in [3.8, 4) is 0 Å². The van der Waals surface area contributed by atoms with Crippen molar-refractivity contribution in [1.82, 2.24) is 25.4 Å². The van der Waals surface area contributed by atoms with Gasteiger partial charge < -0.3 is 5.32 Å². The molecule has 0 unspecified atom stereocenters. The lowest BCUT2D eigenvalue weighted by Gasteiger charge is -2.23. The van der Waals surface area contributed by atoms with E-state index in [2.05, 4.69) is 20.5 Å². The Morgan fingerprint density at radius 2 is 2.14 bits per heavy atom. The minimum absolute atomic E-state index is 0.0620. The van der Waals surface area contributed by atoms with Gasteiger partial charge in [-0.25, -0.2) is 4.98 Å². The monoisotopic (exact) mass is 287 g/mol. The van der Waals surface area contributed by atoms with Crippen molar-refractivity contribution in [3.63, 3.8) is 0 Å². The van der Waals surface area contributed by atoms with Crippen LogP contribution in [0.2, 0.25) is 0 Å². The van der Waals surface area contributed by atoms with Crippen LogP contribution < -0.4 is 5.32 Å². The number of nitrogens with zero attached hydrogens (tertiary/aromatic N) is 3. The number of aromatic nitrogens is 3. The summed E-state index contributed by atoms with van der Waals surface area (Å²) in [5.74, 6) is 1.26. The van der Waals surface area contributed by atoms with Crippen LogP contribution in [0.25, 0.3) is 0 Å². The van der Waals surface area contributed by atoms with Crippen LogP contribution in [0.4, 0.5) is 0 Å². The van der Waals surface area contributed by atoms with Crippen molar-refractivity contribution in [1.29, 1.82) is 0 Å². The van der Waals surface area contributed by atoms with Crippen LogP contribution in [0.15, 0.2) is 24.3 Å². The van der Waals surface area contributed by atoms with Crippen molar-refractivity contribution in [2.75, 3.05) is 14.1 Å². The number of hydrogen-bond acceptors (Lipinski definition) is 4. The van der Waals surface area contributed by atoms with Crippen LogP contribution in [-0.2, 0) is 11.3 Å². The van der Waals surface area contributed by atoms with E-state index in [0.29, 0.717) is 12.4 Å². The summed E-state index contributed by atoms with van der Waals surface area (Å²) in [4.78, 5) is 18.5. The summed E-state index contributed by atoms with van der Waals surface area (Å²) in [7, 11) is 3.78. The summed E-state index contributed by atoms with van der Waals surface area (Å²) >= 11 is 0. The minimum Gasteiger partial charge on any atom is -0.347 e. The van der Waals surface area contributed by atoms with Gasteiger partial charge >= 0.3 is 0 Å². The van der Waals surface area contributed by atoms with Crippen LogP contribution in [0, 0.1) is 13.8 Å². The third kappa shape index (κ3) is 3.88. The third-order valence-electron chi connectivity index (χ3n) is 3.19. The molecule has 2 rings (SSSR count). The number of carbonyl (C=O) groups excluding carboxylic acids is 1. The van der Waals surface area contributed by atoms with E-state index < -0.39 is 0 Å². The van der Waals surface area contributed by atoms with E-state index >= 15 is 0 Å². The number of amides is 1. The van der Waals surface area contributed by atoms with E-state index in [-0.39, 0.29) is 11.9 Å². The van der Waals surface area contributed by atoms with Gasteiger partial charge in [0.1, 0.15) is 11.9 Å². The van der Waals surface area contributed by atoms with Crippen LogP contribution in [0.5, 0.6) is 0 Å². The summed E-state index contributed by atoms with van der Waals surface area (Å²) in [5, 5.41) is 9.66. The van der Waals surface area contributed by atoms with E-state index in [0.717, 1.165) is 17.0 Å². The third-order valence-corrected chi connectivity index (χ3v) is 3.19. The van der Waals surface area contributed by atoms with Crippen molar-refractivity contribution >= 4 is 5.91 Å². The molecule has 6 heteroatoms. The molecule has 2 aromatic rings. The Morgan fingerprint density at radius 1 is 1.38 bits per heavy atom. The van der Waals surface area contributed by atoms with Crippen LogP contribution in [0.1, 0.15) is 28.8 Å². The number of aromatic amines is 1. The summed E-state index contributed by atoms with van der Waals surface area (Å²) in [5.41, 5.74) is 2.11. The Balaban J connectivity index is 2.09. The first-order chi connectivity index (χ1) is 9.97. The lowest BCUT2D eigenvalue weighted by molar-refractivity contribution is -0.126. The molecular formula is C15H21N5O. The highest BCUT2D eigenvalue weighted by molar-refractivity contribution is 5.83.